The summed E-state index contributed by atoms with van der Waals surface area (Å²) in [4.78, 5) is 11.9. The maximum absolute atomic E-state index is 11.9. The van der Waals surface area contributed by atoms with Gasteiger partial charge in [0.05, 0.1) is 7.11 Å². The molecule has 0 fully saturated rings. The van der Waals surface area contributed by atoms with E-state index in [9.17, 15) is 4.79 Å². The Bertz CT molecular complexity index is 676. The van der Waals surface area contributed by atoms with Crippen LogP contribution in [-0.4, -0.2) is 19.9 Å². The molecular weight excluding hydrogens is 304 g/mol. The summed E-state index contributed by atoms with van der Waals surface area (Å²) in [6.07, 6.45) is 0. The Morgan fingerprint density at radius 2 is 1.62 bits per heavy atom. The molecule has 5 nitrogen and oxygen atoms in total. The molecule has 2 N–H and O–H groups in total. The quantitative estimate of drug-likeness (QED) is 0.811. The van der Waals surface area contributed by atoms with E-state index in [0.29, 0.717) is 11.5 Å². The van der Waals surface area contributed by atoms with E-state index in [4.69, 9.17) is 9.47 Å². The zero-order valence-electron chi connectivity index (χ0n) is 14.6. The maximum atomic E-state index is 11.9. The fraction of sp³-hybridized carbons (Fsp3) is 0.316. The largest absolute Gasteiger partial charge is 0.493 e. The minimum absolute atomic E-state index is 0.0479. The Hall–Kier alpha value is -2.69. The first-order chi connectivity index (χ1) is 11.4. The summed E-state index contributed by atoms with van der Waals surface area (Å²) in [5, 5.41) is 5.42. The average molecular weight is 328 g/mol. The third kappa shape index (κ3) is 4.91. The number of hydrogen-bond acceptors (Lipinski definition) is 3. The number of carbonyl (C=O) groups excluding carboxylic acids is 1. The second kappa shape index (κ2) is 7.73. The minimum atomic E-state index is -0.326. The van der Waals surface area contributed by atoms with Gasteiger partial charge in [-0.05, 0) is 35.2 Å². The fourth-order valence-electron chi connectivity index (χ4n) is 2.15. The smallest absolute Gasteiger partial charge is 0.321 e. The summed E-state index contributed by atoms with van der Waals surface area (Å²) in [6.45, 7) is 6.50. The Kier molecular flexibility index (Phi) is 5.68. The van der Waals surface area contributed by atoms with E-state index in [0.717, 1.165) is 5.69 Å². The highest BCUT2D eigenvalue weighted by molar-refractivity contribution is 5.89. The van der Waals surface area contributed by atoms with Crippen molar-refractivity contribution >= 4 is 11.7 Å². The molecule has 0 unspecified atom stereocenters. The van der Waals surface area contributed by atoms with Crippen LogP contribution in [0.1, 0.15) is 26.3 Å². The van der Waals surface area contributed by atoms with Gasteiger partial charge in [-0.3, -0.25) is 0 Å². The zero-order valence-corrected chi connectivity index (χ0v) is 14.6. The van der Waals surface area contributed by atoms with Gasteiger partial charge in [0, 0.05) is 5.69 Å². The fourth-order valence-corrected chi connectivity index (χ4v) is 2.15. The van der Waals surface area contributed by atoms with Crippen molar-refractivity contribution in [2.45, 2.75) is 26.2 Å². The number of ether oxygens (including phenoxy) is 2. The number of benzene rings is 2. The summed E-state index contributed by atoms with van der Waals surface area (Å²) in [5.41, 5.74) is 2.04. The zero-order chi connectivity index (χ0) is 17.6. The Labute approximate surface area is 143 Å². The molecule has 0 spiro atoms. The lowest BCUT2D eigenvalue weighted by atomic mass is 9.87. The van der Waals surface area contributed by atoms with Gasteiger partial charge in [0.15, 0.2) is 18.2 Å². The Morgan fingerprint density at radius 1 is 1.00 bits per heavy atom. The third-order valence-corrected chi connectivity index (χ3v) is 3.54. The van der Waals surface area contributed by atoms with Gasteiger partial charge in [-0.2, -0.15) is 0 Å². The maximum Gasteiger partial charge on any atom is 0.321 e. The molecule has 0 bridgehead atoms. The molecule has 24 heavy (non-hydrogen) atoms. The number of para-hydroxylation sites is 2. The molecule has 2 aromatic carbocycles. The van der Waals surface area contributed by atoms with Gasteiger partial charge in [0.25, 0.3) is 0 Å². The summed E-state index contributed by atoms with van der Waals surface area (Å²) >= 11 is 0. The van der Waals surface area contributed by atoms with Gasteiger partial charge in [-0.25, -0.2) is 4.79 Å². The standard InChI is InChI=1S/C19H24N2O3/c1-19(2,3)14-9-11-15(12-10-14)21-18(22)20-13-24-17-8-6-5-7-16(17)23-4/h5-12H,13H2,1-4H3,(H2,20,21,22). The summed E-state index contributed by atoms with van der Waals surface area (Å²) in [6, 6.07) is 14.8. The van der Waals surface area contributed by atoms with Crippen molar-refractivity contribution < 1.29 is 14.3 Å². The van der Waals surface area contributed by atoms with Crippen molar-refractivity contribution in [3.63, 3.8) is 0 Å². The summed E-state index contributed by atoms with van der Waals surface area (Å²) in [7, 11) is 1.57. The predicted octanol–water partition coefficient (Wildman–Crippen LogP) is 4.15. The van der Waals surface area contributed by atoms with Crippen LogP contribution in [0.4, 0.5) is 10.5 Å². The van der Waals surface area contributed by atoms with Crippen LogP contribution in [0.25, 0.3) is 0 Å². The number of methoxy groups -OCH3 is 1. The van der Waals surface area contributed by atoms with Crippen LogP contribution in [0, 0.1) is 0 Å². The van der Waals surface area contributed by atoms with Crippen molar-refractivity contribution in [2.75, 3.05) is 19.2 Å². The highest BCUT2D eigenvalue weighted by Crippen LogP contribution is 2.25. The van der Waals surface area contributed by atoms with Gasteiger partial charge in [-0.15, -0.1) is 0 Å². The Balaban J connectivity index is 1.83. The van der Waals surface area contributed by atoms with Crippen LogP contribution in [-0.2, 0) is 5.41 Å². The number of carbonyl (C=O) groups is 1. The molecule has 2 aromatic rings. The van der Waals surface area contributed by atoms with Crippen molar-refractivity contribution in [2.24, 2.45) is 0 Å². The van der Waals surface area contributed by atoms with E-state index < -0.39 is 0 Å². The third-order valence-electron chi connectivity index (χ3n) is 3.54. The van der Waals surface area contributed by atoms with Gasteiger partial charge < -0.3 is 20.1 Å². The predicted molar refractivity (Wildman–Crippen MR) is 95.8 cm³/mol. The van der Waals surface area contributed by atoms with E-state index in [1.54, 1.807) is 19.2 Å². The van der Waals surface area contributed by atoms with E-state index in [-0.39, 0.29) is 18.2 Å². The molecule has 0 aliphatic carbocycles. The average Bonchev–Trinajstić information content (AvgIpc) is 2.55. The lowest BCUT2D eigenvalue weighted by molar-refractivity contribution is 0.231. The lowest BCUT2D eigenvalue weighted by Gasteiger charge is -2.19. The first kappa shape index (κ1) is 17.7. The first-order valence-corrected chi connectivity index (χ1v) is 7.81. The topological polar surface area (TPSA) is 59.6 Å². The van der Waals surface area contributed by atoms with Gasteiger partial charge in [-0.1, -0.05) is 45.0 Å². The van der Waals surface area contributed by atoms with Crippen LogP contribution < -0.4 is 20.1 Å². The van der Waals surface area contributed by atoms with E-state index in [1.807, 2.05) is 36.4 Å². The minimum Gasteiger partial charge on any atom is -0.493 e. The monoisotopic (exact) mass is 328 g/mol. The molecule has 0 saturated heterocycles. The number of anilines is 1. The van der Waals surface area contributed by atoms with E-state index in [2.05, 4.69) is 31.4 Å². The van der Waals surface area contributed by atoms with Crippen molar-refractivity contribution in [1.29, 1.82) is 0 Å². The van der Waals surface area contributed by atoms with Crippen molar-refractivity contribution in [3.05, 3.63) is 54.1 Å². The van der Waals surface area contributed by atoms with Gasteiger partial charge >= 0.3 is 6.03 Å². The van der Waals surface area contributed by atoms with Crippen molar-refractivity contribution in [3.8, 4) is 11.5 Å². The van der Waals surface area contributed by atoms with Crippen molar-refractivity contribution in [1.82, 2.24) is 5.32 Å². The summed E-state index contributed by atoms with van der Waals surface area (Å²) < 4.78 is 10.7. The number of hydrogen-bond donors (Lipinski definition) is 2. The molecular formula is C19H24N2O3. The van der Waals surface area contributed by atoms with Crippen LogP contribution in [0.15, 0.2) is 48.5 Å². The molecule has 0 saturated carbocycles. The van der Waals surface area contributed by atoms with Crippen LogP contribution >= 0.6 is 0 Å². The molecule has 5 heteroatoms. The number of amides is 2. The van der Waals surface area contributed by atoms with E-state index >= 15 is 0 Å². The second-order valence-corrected chi connectivity index (χ2v) is 6.40. The summed E-state index contributed by atoms with van der Waals surface area (Å²) in [5.74, 6) is 1.20. The molecule has 0 aliphatic rings. The highest BCUT2D eigenvalue weighted by Gasteiger charge is 2.13. The number of nitrogens with one attached hydrogen (secondary N) is 2. The molecule has 0 aliphatic heterocycles. The number of urea groups is 1. The van der Waals surface area contributed by atoms with Crippen LogP contribution in [0.5, 0.6) is 11.5 Å². The SMILES string of the molecule is COc1ccccc1OCNC(=O)Nc1ccc(C(C)(C)C)cc1. The molecule has 0 atom stereocenters. The number of rotatable bonds is 5. The first-order valence-electron chi connectivity index (χ1n) is 7.81. The highest BCUT2D eigenvalue weighted by atomic mass is 16.5. The van der Waals surface area contributed by atoms with Crippen LogP contribution in [0.3, 0.4) is 0 Å². The molecule has 0 radical (unpaired) electrons. The van der Waals surface area contributed by atoms with Gasteiger partial charge in [0.2, 0.25) is 0 Å². The normalized spacial score (nSPS) is 10.8. The Morgan fingerprint density at radius 3 is 2.21 bits per heavy atom. The lowest BCUT2D eigenvalue weighted by Crippen LogP contribution is -2.32. The second-order valence-electron chi connectivity index (χ2n) is 6.40. The molecule has 2 rings (SSSR count). The van der Waals surface area contributed by atoms with Crippen LogP contribution in [0.2, 0.25) is 0 Å². The van der Waals surface area contributed by atoms with Gasteiger partial charge in [0.1, 0.15) is 0 Å². The molecule has 128 valence electrons. The molecule has 0 heterocycles. The van der Waals surface area contributed by atoms with E-state index in [1.165, 1.54) is 5.56 Å². The molecule has 0 aromatic heterocycles. The molecule has 2 amide bonds.